The number of aliphatic carboxylic acids is 1. The van der Waals surface area contributed by atoms with Crippen molar-refractivity contribution in [2.24, 2.45) is 0 Å². The number of ketones is 1. The maximum absolute atomic E-state index is 13.1. The Morgan fingerprint density at radius 3 is 2.76 bits per heavy atom. The molecule has 1 N–H and O–H groups in total. The Kier molecular flexibility index (Phi) is 4.90. The lowest BCUT2D eigenvalue weighted by molar-refractivity contribution is -0.139. The summed E-state index contributed by atoms with van der Waals surface area (Å²) in [4.78, 5) is 25.2. The molecule has 2 aromatic rings. The summed E-state index contributed by atoms with van der Waals surface area (Å²) >= 11 is 0. The zero-order valence-corrected chi connectivity index (χ0v) is 15.1. The van der Waals surface area contributed by atoms with Crippen molar-refractivity contribution >= 4 is 22.6 Å². The predicted octanol–water partition coefficient (Wildman–Crippen LogP) is 3.12. The molecule has 1 aromatic carbocycles. The van der Waals surface area contributed by atoms with Crippen LogP contribution in [0.4, 0.5) is 0 Å². The molecule has 6 heteroatoms. The first kappa shape index (κ1) is 17.6. The fraction of sp³-hybridized carbons (Fsp3) is 0.368. The number of benzene rings is 1. The quantitative estimate of drug-likeness (QED) is 0.832. The lowest BCUT2D eigenvalue weighted by atomic mass is 9.96. The van der Waals surface area contributed by atoms with Crippen molar-refractivity contribution in [1.29, 1.82) is 0 Å². The zero-order chi connectivity index (χ0) is 18.1. The summed E-state index contributed by atoms with van der Waals surface area (Å²) in [6, 6.07) is 8.72. The number of nitrogens with zero attached hydrogens (tertiary/aromatic N) is 1. The third-order valence-electron chi connectivity index (χ3n) is 4.69. The number of carbonyl (C=O) groups excluding carboxylic acids is 1. The van der Waals surface area contributed by atoms with Crippen molar-refractivity contribution < 1.29 is 18.9 Å². The van der Waals surface area contributed by atoms with Crippen molar-refractivity contribution in [2.45, 2.75) is 44.0 Å². The third kappa shape index (κ3) is 3.18. The standard InChI is InChI=1S/C19H21NO4S/c1-3-25(24)14-7-4-6-13(11-14)18(21)17-12(2)10-16-15(19(22)23)8-5-9-20(16)17/h4,6-7,10-11,15H,3,5,8-9H2,1-2H3,(H,22,23). The highest BCUT2D eigenvalue weighted by molar-refractivity contribution is 7.85. The van der Waals surface area contributed by atoms with E-state index in [1.165, 1.54) is 0 Å². The molecule has 0 aliphatic carbocycles. The number of carboxylic acid groups (broad SMARTS) is 1. The molecule has 0 fully saturated rings. The van der Waals surface area contributed by atoms with Crippen LogP contribution in [0.3, 0.4) is 0 Å². The van der Waals surface area contributed by atoms with Crippen molar-refractivity contribution in [3.63, 3.8) is 0 Å². The summed E-state index contributed by atoms with van der Waals surface area (Å²) in [5, 5.41) is 9.43. The van der Waals surface area contributed by atoms with Crippen LogP contribution in [0.15, 0.2) is 35.2 Å². The maximum Gasteiger partial charge on any atom is 0.312 e. The number of carboxylic acids is 1. The molecule has 132 valence electrons. The molecule has 1 aliphatic heterocycles. The van der Waals surface area contributed by atoms with Crippen LogP contribution in [-0.4, -0.2) is 31.4 Å². The van der Waals surface area contributed by atoms with E-state index in [4.69, 9.17) is 0 Å². The number of hydrogen-bond donors (Lipinski definition) is 1. The topological polar surface area (TPSA) is 76.4 Å². The molecule has 1 aliphatic rings. The zero-order valence-electron chi connectivity index (χ0n) is 14.3. The van der Waals surface area contributed by atoms with E-state index in [0.29, 0.717) is 40.6 Å². The van der Waals surface area contributed by atoms with Gasteiger partial charge in [-0.25, -0.2) is 0 Å². The van der Waals surface area contributed by atoms with Crippen LogP contribution in [0.5, 0.6) is 0 Å². The molecule has 0 bridgehead atoms. The Morgan fingerprint density at radius 2 is 2.08 bits per heavy atom. The summed E-state index contributed by atoms with van der Waals surface area (Å²) in [6.07, 6.45) is 1.33. The summed E-state index contributed by atoms with van der Waals surface area (Å²) in [6.45, 7) is 4.32. The van der Waals surface area contributed by atoms with Gasteiger partial charge in [0.2, 0.25) is 5.78 Å². The van der Waals surface area contributed by atoms with Gasteiger partial charge < -0.3 is 9.67 Å². The minimum atomic E-state index is -1.12. The van der Waals surface area contributed by atoms with Crippen LogP contribution < -0.4 is 0 Å². The SMILES string of the molecule is CCS(=O)c1cccc(C(=O)c2c(C)cc3n2CCCC3C(=O)O)c1. The van der Waals surface area contributed by atoms with Gasteiger partial charge >= 0.3 is 5.97 Å². The summed E-state index contributed by atoms with van der Waals surface area (Å²) in [5.74, 6) is -1.06. The molecule has 2 heterocycles. The molecular weight excluding hydrogens is 338 g/mol. The number of carbonyl (C=O) groups is 2. The van der Waals surface area contributed by atoms with E-state index in [2.05, 4.69) is 0 Å². The minimum Gasteiger partial charge on any atom is -0.481 e. The average Bonchev–Trinajstić information content (AvgIpc) is 2.95. The van der Waals surface area contributed by atoms with Gasteiger partial charge in [-0.2, -0.15) is 0 Å². The van der Waals surface area contributed by atoms with Gasteiger partial charge in [0, 0.05) is 28.5 Å². The van der Waals surface area contributed by atoms with Crippen LogP contribution in [0.2, 0.25) is 0 Å². The van der Waals surface area contributed by atoms with Gasteiger partial charge in [-0.05, 0) is 43.5 Å². The number of hydrogen-bond acceptors (Lipinski definition) is 3. The summed E-state index contributed by atoms with van der Waals surface area (Å²) < 4.78 is 13.9. The Labute approximate surface area is 149 Å². The van der Waals surface area contributed by atoms with Gasteiger partial charge in [0.15, 0.2) is 0 Å². The Hall–Kier alpha value is -2.21. The molecule has 0 spiro atoms. The maximum atomic E-state index is 13.1. The van der Waals surface area contributed by atoms with E-state index in [9.17, 15) is 18.9 Å². The van der Waals surface area contributed by atoms with Crippen LogP contribution in [0, 0.1) is 6.92 Å². The van der Waals surface area contributed by atoms with E-state index in [-0.39, 0.29) is 5.78 Å². The number of rotatable bonds is 5. The summed E-state index contributed by atoms with van der Waals surface area (Å²) in [5.41, 5.74) is 2.52. The molecule has 2 atom stereocenters. The second kappa shape index (κ2) is 6.96. The molecule has 0 amide bonds. The molecule has 3 rings (SSSR count). The first-order valence-corrected chi connectivity index (χ1v) is 9.72. The van der Waals surface area contributed by atoms with Gasteiger partial charge in [0.1, 0.15) is 0 Å². The van der Waals surface area contributed by atoms with Crippen molar-refractivity contribution in [3.05, 3.63) is 52.8 Å². The minimum absolute atomic E-state index is 0.148. The second-order valence-corrected chi connectivity index (χ2v) is 8.02. The van der Waals surface area contributed by atoms with E-state index < -0.39 is 22.7 Å². The van der Waals surface area contributed by atoms with Gasteiger partial charge in [-0.3, -0.25) is 13.8 Å². The highest BCUT2D eigenvalue weighted by atomic mass is 32.2. The van der Waals surface area contributed by atoms with E-state index in [0.717, 1.165) is 12.0 Å². The monoisotopic (exact) mass is 359 g/mol. The Morgan fingerprint density at radius 1 is 1.32 bits per heavy atom. The van der Waals surface area contributed by atoms with E-state index in [1.54, 1.807) is 24.3 Å². The van der Waals surface area contributed by atoms with Gasteiger partial charge in [-0.15, -0.1) is 0 Å². The lowest BCUT2D eigenvalue weighted by Gasteiger charge is -2.23. The van der Waals surface area contributed by atoms with Crippen LogP contribution in [0.1, 0.15) is 53.0 Å². The average molecular weight is 359 g/mol. The Bertz CT molecular complexity index is 868. The van der Waals surface area contributed by atoms with Gasteiger partial charge in [0.25, 0.3) is 0 Å². The highest BCUT2D eigenvalue weighted by Gasteiger charge is 2.31. The number of aryl methyl sites for hydroxylation is 1. The van der Waals surface area contributed by atoms with E-state index >= 15 is 0 Å². The normalized spacial score (nSPS) is 17.8. The number of aromatic nitrogens is 1. The summed E-state index contributed by atoms with van der Waals surface area (Å²) in [7, 11) is -1.12. The largest absolute Gasteiger partial charge is 0.481 e. The highest BCUT2D eigenvalue weighted by Crippen LogP contribution is 2.32. The van der Waals surface area contributed by atoms with Crippen molar-refractivity contribution in [1.82, 2.24) is 4.57 Å². The lowest BCUT2D eigenvalue weighted by Crippen LogP contribution is -2.24. The Balaban J connectivity index is 2.04. The smallest absolute Gasteiger partial charge is 0.312 e. The van der Waals surface area contributed by atoms with Gasteiger partial charge in [0.05, 0.1) is 22.4 Å². The molecule has 1 aromatic heterocycles. The molecule has 5 nitrogen and oxygen atoms in total. The third-order valence-corrected chi connectivity index (χ3v) is 5.99. The van der Waals surface area contributed by atoms with Crippen LogP contribution in [0.25, 0.3) is 0 Å². The van der Waals surface area contributed by atoms with E-state index in [1.807, 2.05) is 24.5 Å². The molecule has 0 radical (unpaired) electrons. The molecule has 25 heavy (non-hydrogen) atoms. The second-order valence-electron chi connectivity index (χ2n) is 6.28. The molecular formula is C19H21NO4S. The molecule has 0 saturated carbocycles. The first-order chi connectivity index (χ1) is 11.9. The molecule has 0 saturated heterocycles. The van der Waals surface area contributed by atoms with Crippen molar-refractivity contribution in [3.8, 4) is 0 Å². The fourth-order valence-electron chi connectivity index (χ4n) is 3.48. The van der Waals surface area contributed by atoms with Crippen LogP contribution in [-0.2, 0) is 22.1 Å². The fourth-order valence-corrected chi connectivity index (χ4v) is 4.30. The number of fused-ring (bicyclic) bond motifs is 1. The van der Waals surface area contributed by atoms with Crippen molar-refractivity contribution in [2.75, 3.05) is 5.75 Å². The first-order valence-electron chi connectivity index (χ1n) is 8.40. The van der Waals surface area contributed by atoms with Crippen LogP contribution >= 0.6 is 0 Å². The molecule has 2 unspecified atom stereocenters. The predicted molar refractivity (Wildman–Crippen MR) is 95.6 cm³/mol. The van der Waals surface area contributed by atoms with Gasteiger partial charge in [-0.1, -0.05) is 19.1 Å².